The number of hydrogen-bond donors (Lipinski definition) is 2. The smallest absolute Gasteiger partial charge is 0.236 e. The van der Waals surface area contributed by atoms with Crippen molar-refractivity contribution in [3.05, 3.63) is 0 Å². The van der Waals surface area contributed by atoms with E-state index in [4.69, 9.17) is 10.5 Å². The first-order valence-corrected chi connectivity index (χ1v) is 7.17. The van der Waals surface area contributed by atoms with Gasteiger partial charge in [0.05, 0.1) is 25.1 Å². The predicted molar refractivity (Wildman–Crippen MR) is 79.2 cm³/mol. The normalized spacial score (nSPS) is 15.3. The minimum Gasteiger partial charge on any atom is -0.379 e. The van der Waals surface area contributed by atoms with Crippen LogP contribution in [0.3, 0.4) is 0 Å². The number of nitrogens with two attached hydrogens (primary N) is 1. The molecule has 3 unspecified atom stereocenters. The molecule has 6 nitrogen and oxygen atoms in total. The number of hydrogen-bond acceptors (Lipinski definition) is 4. The Morgan fingerprint density at radius 1 is 1.35 bits per heavy atom. The van der Waals surface area contributed by atoms with Crippen molar-refractivity contribution in [3.8, 4) is 0 Å². The number of amides is 2. The Bertz CT molecular complexity index is 310. The summed E-state index contributed by atoms with van der Waals surface area (Å²) in [5, 5.41) is 2.76. The van der Waals surface area contributed by atoms with Gasteiger partial charge in [-0.1, -0.05) is 20.3 Å². The van der Waals surface area contributed by atoms with Crippen LogP contribution in [0.25, 0.3) is 0 Å². The highest BCUT2D eigenvalue weighted by molar-refractivity contribution is 5.79. The molecule has 0 aliphatic rings. The van der Waals surface area contributed by atoms with E-state index in [1.54, 1.807) is 19.1 Å². The zero-order chi connectivity index (χ0) is 15.7. The zero-order valence-corrected chi connectivity index (χ0v) is 13.3. The van der Waals surface area contributed by atoms with E-state index in [0.29, 0.717) is 6.54 Å². The first kappa shape index (κ1) is 18.9. The van der Waals surface area contributed by atoms with Crippen molar-refractivity contribution >= 4 is 11.8 Å². The standard InChI is InChI=1S/C14H29N3O3/c1-6-10(3)14(17(4)13(19)9-15)11(20-5)8-12(18)16-7-2/h10-11,14H,6-9,15H2,1-5H3,(H,16,18). The molecule has 20 heavy (non-hydrogen) atoms. The zero-order valence-electron chi connectivity index (χ0n) is 13.3. The van der Waals surface area contributed by atoms with E-state index >= 15 is 0 Å². The molecule has 0 heterocycles. The molecule has 0 radical (unpaired) electrons. The minimum absolute atomic E-state index is 0.0406. The molecule has 6 heteroatoms. The van der Waals surface area contributed by atoms with Gasteiger partial charge in [0.15, 0.2) is 0 Å². The third kappa shape index (κ3) is 5.46. The van der Waals surface area contributed by atoms with Gasteiger partial charge in [0.25, 0.3) is 0 Å². The van der Waals surface area contributed by atoms with Crippen molar-refractivity contribution in [2.24, 2.45) is 11.7 Å². The first-order valence-electron chi connectivity index (χ1n) is 7.17. The second-order valence-corrected chi connectivity index (χ2v) is 5.02. The fourth-order valence-electron chi connectivity index (χ4n) is 2.34. The molecular formula is C14H29N3O3. The van der Waals surface area contributed by atoms with Crippen LogP contribution in [-0.2, 0) is 14.3 Å². The summed E-state index contributed by atoms with van der Waals surface area (Å²) >= 11 is 0. The molecule has 118 valence electrons. The number of carbonyl (C=O) groups is 2. The molecule has 0 fully saturated rings. The summed E-state index contributed by atoms with van der Waals surface area (Å²) in [6.07, 6.45) is 0.793. The Balaban J connectivity index is 5.05. The van der Waals surface area contributed by atoms with E-state index in [0.717, 1.165) is 6.42 Å². The largest absolute Gasteiger partial charge is 0.379 e. The average Bonchev–Trinajstić information content (AvgIpc) is 2.45. The lowest BCUT2D eigenvalue weighted by Gasteiger charge is -2.37. The third-order valence-corrected chi connectivity index (χ3v) is 3.69. The van der Waals surface area contributed by atoms with Crippen LogP contribution >= 0.6 is 0 Å². The second kappa shape index (κ2) is 9.72. The first-order chi connectivity index (χ1) is 9.42. The lowest BCUT2D eigenvalue weighted by Crippen LogP contribution is -2.52. The molecule has 0 aliphatic heterocycles. The van der Waals surface area contributed by atoms with Crippen molar-refractivity contribution in [2.75, 3.05) is 27.2 Å². The highest BCUT2D eigenvalue weighted by atomic mass is 16.5. The van der Waals surface area contributed by atoms with Gasteiger partial charge in [-0.05, 0) is 12.8 Å². The van der Waals surface area contributed by atoms with Gasteiger partial charge in [0, 0.05) is 20.7 Å². The van der Waals surface area contributed by atoms with Crippen molar-refractivity contribution in [3.63, 3.8) is 0 Å². The molecule has 0 saturated heterocycles. The second-order valence-electron chi connectivity index (χ2n) is 5.02. The fraction of sp³-hybridized carbons (Fsp3) is 0.857. The van der Waals surface area contributed by atoms with Gasteiger partial charge < -0.3 is 20.7 Å². The molecule has 0 rings (SSSR count). The number of ether oxygens (including phenoxy) is 1. The van der Waals surface area contributed by atoms with Crippen LogP contribution < -0.4 is 11.1 Å². The van der Waals surface area contributed by atoms with Crippen LogP contribution in [0.4, 0.5) is 0 Å². The molecule has 0 aromatic heterocycles. The Morgan fingerprint density at radius 3 is 2.35 bits per heavy atom. The van der Waals surface area contributed by atoms with E-state index < -0.39 is 0 Å². The maximum Gasteiger partial charge on any atom is 0.236 e. The van der Waals surface area contributed by atoms with Gasteiger partial charge in [0.1, 0.15) is 0 Å². The SMILES string of the molecule is CCNC(=O)CC(OC)C(C(C)CC)N(C)C(=O)CN. The van der Waals surface area contributed by atoms with Crippen molar-refractivity contribution in [1.29, 1.82) is 0 Å². The number of nitrogens with zero attached hydrogens (tertiary/aromatic N) is 1. The lowest BCUT2D eigenvalue weighted by molar-refractivity contribution is -0.137. The summed E-state index contributed by atoms with van der Waals surface area (Å²) in [5.41, 5.74) is 5.43. The fourth-order valence-corrected chi connectivity index (χ4v) is 2.34. The summed E-state index contributed by atoms with van der Waals surface area (Å²) in [4.78, 5) is 25.2. The van der Waals surface area contributed by atoms with E-state index in [1.165, 1.54) is 0 Å². The van der Waals surface area contributed by atoms with Gasteiger partial charge >= 0.3 is 0 Å². The van der Waals surface area contributed by atoms with Crippen LogP contribution in [-0.4, -0.2) is 56.1 Å². The Hall–Kier alpha value is -1.14. The van der Waals surface area contributed by atoms with Crippen LogP contribution in [0, 0.1) is 5.92 Å². The van der Waals surface area contributed by atoms with Crippen LogP contribution in [0.5, 0.6) is 0 Å². The van der Waals surface area contributed by atoms with Crippen molar-refractivity contribution in [1.82, 2.24) is 10.2 Å². The van der Waals surface area contributed by atoms with Crippen LogP contribution in [0.2, 0.25) is 0 Å². The lowest BCUT2D eigenvalue weighted by atomic mass is 9.91. The predicted octanol–water partition coefficient (Wildman–Crippen LogP) is 0.359. The van der Waals surface area contributed by atoms with Crippen molar-refractivity contribution in [2.45, 2.75) is 45.8 Å². The van der Waals surface area contributed by atoms with E-state index in [-0.39, 0.29) is 42.8 Å². The number of likely N-dealkylation sites (N-methyl/N-ethyl adjacent to an activating group) is 1. The molecule has 0 aromatic carbocycles. The topological polar surface area (TPSA) is 84.7 Å². The summed E-state index contributed by atoms with van der Waals surface area (Å²) in [6, 6.07) is -0.163. The van der Waals surface area contributed by atoms with E-state index in [1.807, 2.05) is 6.92 Å². The van der Waals surface area contributed by atoms with Crippen molar-refractivity contribution < 1.29 is 14.3 Å². The van der Waals surface area contributed by atoms with Gasteiger partial charge in [-0.3, -0.25) is 9.59 Å². The molecule has 0 aliphatic carbocycles. The molecule has 0 saturated carbocycles. The summed E-state index contributed by atoms with van der Waals surface area (Å²) in [5.74, 6) is 0.00405. The Labute approximate surface area is 122 Å². The maximum absolute atomic E-state index is 11.9. The highest BCUT2D eigenvalue weighted by Gasteiger charge is 2.33. The molecule has 3 atom stereocenters. The Kier molecular flexibility index (Phi) is 9.16. The summed E-state index contributed by atoms with van der Waals surface area (Å²) in [7, 11) is 3.29. The monoisotopic (exact) mass is 287 g/mol. The average molecular weight is 287 g/mol. The van der Waals surface area contributed by atoms with Gasteiger partial charge in [-0.2, -0.15) is 0 Å². The van der Waals surface area contributed by atoms with Crippen LogP contribution in [0.1, 0.15) is 33.6 Å². The highest BCUT2D eigenvalue weighted by Crippen LogP contribution is 2.21. The summed E-state index contributed by atoms with van der Waals surface area (Å²) in [6.45, 7) is 6.52. The minimum atomic E-state index is -0.336. The molecular weight excluding hydrogens is 258 g/mol. The third-order valence-electron chi connectivity index (χ3n) is 3.69. The van der Waals surface area contributed by atoms with Gasteiger partial charge in [-0.25, -0.2) is 0 Å². The summed E-state index contributed by atoms with van der Waals surface area (Å²) < 4.78 is 5.47. The van der Waals surface area contributed by atoms with Crippen LogP contribution in [0.15, 0.2) is 0 Å². The maximum atomic E-state index is 11.9. The van der Waals surface area contributed by atoms with Gasteiger partial charge in [-0.15, -0.1) is 0 Å². The van der Waals surface area contributed by atoms with E-state index in [2.05, 4.69) is 19.2 Å². The molecule has 3 N–H and O–H groups in total. The number of carbonyl (C=O) groups excluding carboxylic acids is 2. The molecule has 0 bridgehead atoms. The molecule has 0 spiro atoms. The number of methoxy groups -OCH3 is 1. The Morgan fingerprint density at radius 2 is 1.95 bits per heavy atom. The number of rotatable bonds is 9. The quantitative estimate of drug-likeness (QED) is 0.641. The van der Waals surface area contributed by atoms with E-state index in [9.17, 15) is 9.59 Å². The molecule has 2 amide bonds. The molecule has 0 aromatic rings. The van der Waals surface area contributed by atoms with Gasteiger partial charge in [0.2, 0.25) is 11.8 Å². The number of nitrogens with one attached hydrogen (secondary N) is 1.